The molecule has 0 radical (unpaired) electrons. The van der Waals surface area contributed by atoms with Crippen molar-refractivity contribution in [2.24, 2.45) is 5.16 Å². The van der Waals surface area contributed by atoms with Gasteiger partial charge in [0.2, 0.25) is 0 Å². The minimum atomic E-state index is 1.03. The van der Waals surface area contributed by atoms with Gasteiger partial charge in [0, 0.05) is 10.4 Å². The second-order valence-corrected chi connectivity index (χ2v) is 5.48. The third kappa shape index (κ3) is 1.79. The van der Waals surface area contributed by atoms with Crippen molar-refractivity contribution >= 4 is 33.0 Å². The molecule has 0 atom stereocenters. The zero-order valence-corrected chi connectivity index (χ0v) is 9.74. The summed E-state index contributed by atoms with van der Waals surface area (Å²) >= 11 is 5.29. The molecule has 1 aromatic heterocycles. The number of nitrogens with zero attached hydrogens (tertiary/aromatic N) is 1. The van der Waals surface area contributed by atoms with Gasteiger partial charge in [0.1, 0.15) is 7.11 Å². The van der Waals surface area contributed by atoms with E-state index in [1.807, 2.05) is 0 Å². The van der Waals surface area contributed by atoms with Crippen LogP contribution in [0.15, 0.2) is 15.0 Å². The van der Waals surface area contributed by atoms with Crippen LogP contribution in [0.2, 0.25) is 0 Å². The third-order valence-corrected chi connectivity index (χ3v) is 3.81. The van der Waals surface area contributed by atoms with Gasteiger partial charge in [0.15, 0.2) is 0 Å². The van der Waals surface area contributed by atoms with Gasteiger partial charge < -0.3 is 4.84 Å². The lowest BCUT2D eigenvalue weighted by molar-refractivity contribution is 0.212. The number of aryl methyl sites for hydroxylation is 1. The number of thiophene rings is 1. The molecule has 0 unspecified atom stereocenters. The SMILES string of the molecule is CO/N=C1/CCCc2sc(Br)cc21. The molecule has 4 heteroatoms. The van der Waals surface area contributed by atoms with Gasteiger partial charge in [-0.25, -0.2) is 0 Å². The highest BCUT2D eigenvalue weighted by Crippen LogP contribution is 2.32. The zero-order valence-electron chi connectivity index (χ0n) is 7.34. The van der Waals surface area contributed by atoms with Crippen LogP contribution in [0.3, 0.4) is 0 Å². The van der Waals surface area contributed by atoms with E-state index in [1.54, 1.807) is 18.4 Å². The number of rotatable bonds is 1. The standard InChI is InChI=1S/C9H10BrNOS/c1-12-11-7-3-2-4-8-6(7)5-9(10)13-8/h5H,2-4H2,1H3/b11-7-. The number of oxime groups is 1. The van der Waals surface area contributed by atoms with Gasteiger partial charge in [-0.05, 0) is 41.3 Å². The lowest BCUT2D eigenvalue weighted by Crippen LogP contribution is -2.09. The Balaban J connectivity index is 2.42. The molecule has 0 amide bonds. The highest BCUT2D eigenvalue weighted by molar-refractivity contribution is 9.11. The molecule has 2 rings (SSSR count). The van der Waals surface area contributed by atoms with E-state index in [2.05, 4.69) is 27.2 Å². The van der Waals surface area contributed by atoms with Crippen LogP contribution in [0.5, 0.6) is 0 Å². The van der Waals surface area contributed by atoms with Gasteiger partial charge in [0.25, 0.3) is 0 Å². The Labute approximate surface area is 89.7 Å². The monoisotopic (exact) mass is 259 g/mol. The van der Waals surface area contributed by atoms with Crippen LogP contribution in [-0.4, -0.2) is 12.8 Å². The lowest BCUT2D eigenvalue weighted by atomic mass is 9.97. The summed E-state index contributed by atoms with van der Waals surface area (Å²) in [7, 11) is 1.60. The maximum Gasteiger partial charge on any atom is 0.106 e. The Hall–Kier alpha value is -0.350. The van der Waals surface area contributed by atoms with Gasteiger partial charge in [-0.15, -0.1) is 11.3 Å². The summed E-state index contributed by atoms with van der Waals surface area (Å²) in [6.07, 6.45) is 3.39. The summed E-state index contributed by atoms with van der Waals surface area (Å²) in [6, 6.07) is 2.14. The first kappa shape index (κ1) is 9.21. The summed E-state index contributed by atoms with van der Waals surface area (Å²) in [5, 5.41) is 4.04. The minimum Gasteiger partial charge on any atom is -0.399 e. The molecule has 0 fully saturated rings. The quantitative estimate of drug-likeness (QED) is 0.710. The van der Waals surface area contributed by atoms with Crippen LogP contribution in [0.25, 0.3) is 0 Å². The lowest BCUT2D eigenvalue weighted by Gasteiger charge is -2.11. The maximum absolute atomic E-state index is 4.82. The number of halogens is 1. The van der Waals surface area contributed by atoms with E-state index in [9.17, 15) is 0 Å². The molecule has 0 aliphatic heterocycles. The van der Waals surface area contributed by atoms with Crippen molar-refractivity contribution in [2.75, 3.05) is 7.11 Å². The van der Waals surface area contributed by atoms with Crippen LogP contribution in [0, 0.1) is 0 Å². The summed E-state index contributed by atoms with van der Waals surface area (Å²) < 4.78 is 1.18. The second-order valence-electron chi connectivity index (χ2n) is 2.96. The van der Waals surface area contributed by atoms with Crippen LogP contribution >= 0.6 is 27.3 Å². The largest absolute Gasteiger partial charge is 0.399 e. The Kier molecular flexibility index (Phi) is 2.69. The smallest absolute Gasteiger partial charge is 0.106 e. The summed E-state index contributed by atoms with van der Waals surface area (Å²) in [5.41, 5.74) is 2.36. The zero-order chi connectivity index (χ0) is 9.26. The van der Waals surface area contributed by atoms with E-state index >= 15 is 0 Å². The fourth-order valence-electron chi connectivity index (χ4n) is 1.58. The van der Waals surface area contributed by atoms with Gasteiger partial charge >= 0.3 is 0 Å². The maximum atomic E-state index is 4.82. The molecule has 1 aliphatic carbocycles. The molecule has 1 aromatic rings. The third-order valence-electron chi connectivity index (χ3n) is 2.11. The first-order valence-electron chi connectivity index (χ1n) is 4.20. The molecule has 1 heterocycles. The molecule has 0 N–H and O–H groups in total. The van der Waals surface area contributed by atoms with Gasteiger partial charge in [0.05, 0.1) is 9.50 Å². The Bertz CT molecular complexity index is 345. The van der Waals surface area contributed by atoms with Gasteiger partial charge in [-0.3, -0.25) is 0 Å². The molecule has 0 saturated heterocycles. The van der Waals surface area contributed by atoms with Gasteiger partial charge in [-0.2, -0.15) is 0 Å². The first-order chi connectivity index (χ1) is 6.31. The van der Waals surface area contributed by atoms with E-state index in [0.29, 0.717) is 0 Å². The number of hydrogen-bond donors (Lipinski definition) is 0. The Morgan fingerprint density at radius 2 is 2.38 bits per heavy atom. The second kappa shape index (κ2) is 3.80. The Morgan fingerprint density at radius 1 is 1.54 bits per heavy atom. The summed E-state index contributed by atoms with van der Waals surface area (Å²) in [6.45, 7) is 0. The Morgan fingerprint density at radius 3 is 3.15 bits per heavy atom. The number of fused-ring (bicyclic) bond motifs is 1. The first-order valence-corrected chi connectivity index (χ1v) is 5.81. The van der Waals surface area contributed by atoms with E-state index in [4.69, 9.17) is 4.84 Å². The van der Waals surface area contributed by atoms with Crippen LogP contribution < -0.4 is 0 Å². The molecule has 0 saturated carbocycles. The molecular weight excluding hydrogens is 250 g/mol. The van der Waals surface area contributed by atoms with Crippen molar-refractivity contribution in [3.63, 3.8) is 0 Å². The van der Waals surface area contributed by atoms with Gasteiger partial charge in [-0.1, -0.05) is 5.16 Å². The molecule has 0 bridgehead atoms. The van der Waals surface area contributed by atoms with E-state index in [-0.39, 0.29) is 0 Å². The summed E-state index contributed by atoms with van der Waals surface area (Å²) in [5.74, 6) is 0. The van der Waals surface area contributed by atoms with Crippen molar-refractivity contribution in [1.82, 2.24) is 0 Å². The molecule has 2 nitrogen and oxygen atoms in total. The van der Waals surface area contributed by atoms with E-state index in [0.717, 1.165) is 12.1 Å². The van der Waals surface area contributed by atoms with Crippen molar-refractivity contribution in [3.05, 3.63) is 20.3 Å². The molecular formula is C9H10BrNOS. The van der Waals surface area contributed by atoms with Crippen molar-refractivity contribution in [3.8, 4) is 0 Å². The van der Waals surface area contributed by atoms with E-state index in [1.165, 1.54) is 27.1 Å². The molecule has 0 spiro atoms. The molecule has 70 valence electrons. The van der Waals surface area contributed by atoms with Crippen molar-refractivity contribution in [2.45, 2.75) is 19.3 Å². The summed E-state index contributed by atoms with van der Waals surface area (Å²) in [4.78, 5) is 6.25. The van der Waals surface area contributed by atoms with Crippen LogP contribution in [0.1, 0.15) is 23.3 Å². The minimum absolute atomic E-state index is 1.03. The highest BCUT2D eigenvalue weighted by Gasteiger charge is 2.18. The average molecular weight is 260 g/mol. The van der Waals surface area contributed by atoms with E-state index < -0.39 is 0 Å². The number of hydrogen-bond acceptors (Lipinski definition) is 3. The average Bonchev–Trinajstić information content (AvgIpc) is 2.47. The fraction of sp³-hybridized carbons (Fsp3) is 0.444. The molecule has 0 aromatic carbocycles. The molecule has 13 heavy (non-hydrogen) atoms. The highest BCUT2D eigenvalue weighted by atomic mass is 79.9. The fourth-order valence-corrected chi connectivity index (χ4v) is 3.34. The van der Waals surface area contributed by atoms with Crippen molar-refractivity contribution < 1.29 is 4.84 Å². The molecule has 1 aliphatic rings. The predicted molar refractivity (Wildman–Crippen MR) is 58.5 cm³/mol. The topological polar surface area (TPSA) is 21.6 Å². The van der Waals surface area contributed by atoms with Crippen LogP contribution in [0.4, 0.5) is 0 Å². The normalized spacial score (nSPS) is 18.8. The predicted octanol–water partition coefficient (Wildman–Crippen LogP) is 3.20. The van der Waals surface area contributed by atoms with Crippen LogP contribution in [-0.2, 0) is 11.3 Å². The van der Waals surface area contributed by atoms with Crippen molar-refractivity contribution in [1.29, 1.82) is 0 Å².